The van der Waals surface area contributed by atoms with Crippen molar-refractivity contribution in [2.75, 3.05) is 6.61 Å². The number of unbranched alkanes of at least 4 members (excludes halogenated alkanes) is 1. The van der Waals surface area contributed by atoms with E-state index in [1.165, 1.54) is 0 Å². The molecule has 2 unspecified atom stereocenters. The molecule has 0 aliphatic carbocycles. The third-order valence-electron chi connectivity index (χ3n) is 2.97. The molecule has 0 aromatic carbocycles. The average molecular weight is 314 g/mol. The molecule has 0 aliphatic heterocycles. The van der Waals surface area contributed by atoms with Crippen LogP contribution in [0.15, 0.2) is 0 Å². The number of carboxylic acids is 1. The first kappa shape index (κ1) is 17.6. The molecule has 1 rings (SSSR count). The zero-order valence-electron chi connectivity index (χ0n) is 12.8. The fourth-order valence-corrected chi connectivity index (χ4v) is 2.58. The zero-order valence-corrected chi connectivity index (χ0v) is 13.6. The summed E-state index contributed by atoms with van der Waals surface area (Å²) in [4.78, 5) is 27.4. The highest BCUT2D eigenvalue weighted by molar-refractivity contribution is 7.13. The Morgan fingerprint density at radius 2 is 2.10 bits per heavy atom. The van der Waals surface area contributed by atoms with Gasteiger partial charge in [-0.1, -0.05) is 13.3 Å². The van der Waals surface area contributed by atoms with Crippen molar-refractivity contribution in [3.8, 4) is 0 Å². The Morgan fingerprint density at radius 3 is 2.62 bits per heavy atom. The van der Waals surface area contributed by atoms with Crippen LogP contribution in [0.25, 0.3) is 0 Å². The molecular formula is C14H22N2O4S. The topological polar surface area (TPSA) is 88.5 Å². The number of aryl methyl sites for hydroxylation is 1. The average Bonchev–Trinajstić information content (AvgIpc) is 2.81. The summed E-state index contributed by atoms with van der Waals surface area (Å²) in [5.41, 5.74) is 0.468. The number of hydrogen-bond donors (Lipinski definition) is 2. The van der Waals surface area contributed by atoms with E-state index >= 15 is 0 Å². The fourth-order valence-electron chi connectivity index (χ4n) is 1.67. The minimum Gasteiger partial charge on any atom is -0.477 e. The molecule has 1 aromatic rings. The molecule has 0 saturated heterocycles. The summed E-state index contributed by atoms with van der Waals surface area (Å²) in [5, 5.41) is 12.4. The summed E-state index contributed by atoms with van der Waals surface area (Å²) >= 11 is 1.08. The monoisotopic (exact) mass is 314 g/mol. The molecule has 2 N–H and O–H groups in total. The van der Waals surface area contributed by atoms with Crippen molar-refractivity contribution < 1.29 is 19.4 Å². The fraction of sp³-hybridized carbons (Fsp3) is 0.643. The molecule has 1 aromatic heterocycles. The molecule has 2 atom stereocenters. The van der Waals surface area contributed by atoms with Crippen molar-refractivity contribution >= 4 is 23.2 Å². The molecule has 0 bridgehead atoms. The van der Waals surface area contributed by atoms with E-state index in [9.17, 15) is 9.59 Å². The normalized spacial score (nSPS) is 13.7. The van der Waals surface area contributed by atoms with Crippen LogP contribution in [-0.4, -0.2) is 34.7 Å². The maximum absolute atomic E-state index is 12.0. The van der Waals surface area contributed by atoms with Gasteiger partial charge in [-0.15, -0.1) is 11.3 Å². The molecule has 21 heavy (non-hydrogen) atoms. The van der Waals surface area contributed by atoms with Crippen molar-refractivity contribution in [1.29, 1.82) is 0 Å². The Bertz CT molecular complexity index is 501. The molecular weight excluding hydrogens is 292 g/mol. The summed E-state index contributed by atoms with van der Waals surface area (Å²) in [5.74, 6) is -1.21. The Labute approximate surface area is 128 Å². The third kappa shape index (κ3) is 5.09. The molecule has 7 heteroatoms. The minimum absolute atomic E-state index is 0.207. The van der Waals surface area contributed by atoms with Crippen LogP contribution in [0.4, 0.5) is 0 Å². The van der Waals surface area contributed by atoms with E-state index < -0.39 is 12.1 Å². The second kappa shape index (κ2) is 8.09. The van der Waals surface area contributed by atoms with E-state index in [0.717, 1.165) is 24.2 Å². The molecule has 0 spiro atoms. The highest BCUT2D eigenvalue weighted by atomic mass is 32.1. The Balaban J connectivity index is 2.59. The molecule has 1 amide bonds. The van der Waals surface area contributed by atoms with Crippen LogP contribution >= 0.6 is 11.3 Å². The Kier molecular flexibility index (Phi) is 6.77. The number of carbonyl (C=O) groups excluding carboxylic acids is 1. The lowest BCUT2D eigenvalue weighted by molar-refractivity contribution is -0.132. The van der Waals surface area contributed by atoms with Gasteiger partial charge in [-0.3, -0.25) is 4.79 Å². The van der Waals surface area contributed by atoms with Gasteiger partial charge in [-0.2, -0.15) is 0 Å². The lowest BCUT2D eigenvalue weighted by Gasteiger charge is -2.16. The van der Waals surface area contributed by atoms with Gasteiger partial charge in [0.15, 0.2) is 0 Å². The molecule has 0 aliphatic rings. The van der Waals surface area contributed by atoms with Crippen LogP contribution < -0.4 is 5.32 Å². The summed E-state index contributed by atoms with van der Waals surface area (Å²) in [6.07, 6.45) is 1.40. The van der Waals surface area contributed by atoms with Gasteiger partial charge in [-0.25, -0.2) is 9.78 Å². The van der Waals surface area contributed by atoms with Crippen molar-refractivity contribution in [1.82, 2.24) is 10.3 Å². The number of rotatable bonds is 8. The number of aromatic nitrogens is 1. The van der Waals surface area contributed by atoms with E-state index in [2.05, 4.69) is 17.2 Å². The van der Waals surface area contributed by atoms with Gasteiger partial charge in [0.25, 0.3) is 0 Å². The van der Waals surface area contributed by atoms with Gasteiger partial charge in [-0.05, 0) is 27.2 Å². The first-order chi connectivity index (χ1) is 9.86. The smallest absolute Gasteiger partial charge is 0.347 e. The predicted octanol–water partition coefficient (Wildman–Crippen LogP) is 2.53. The lowest BCUT2D eigenvalue weighted by atomic mass is 10.3. The summed E-state index contributed by atoms with van der Waals surface area (Å²) < 4.78 is 5.42. The maximum Gasteiger partial charge on any atom is 0.347 e. The van der Waals surface area contributed by atoms with Crippen molar-refractivity contribution in [2.45, 2.75) is 52.7 Å². The van der Waals surface area contributed by atoms with Gasteiger partial charge in [0.1, 0.15) is 16.0 Å². The molecule has 0 saturated carbocycles. The van der Waals surface area contributed by atoms with E-state index in [-0.39, 0.29) is 16.8 Å². The van der Waals surface area contributed by atoms with Gasteiger partial charge >= 0.3 is 5.97 Å². The van der Waals surface area contributed by atoms with Crippen molar-refractivity contribution in [3.05, 3.63) is 15.6 Å². The van der Waals surface area contributed by atoms with Crippen molar-refractivity contribution in [3.63, 3.8) is 0 Å². The number of nitrogens with zero attached hydrogens (tertiary/aromatic N) is 1. The maximum atomic E-state index is 12.0. The highest BCUT2D eigenvalue weighted by Crippen LogP contribution is 2.23. The number of thiazole rings is 1. The third-order valence-corrected chi connectivity index (χ3v) is 4.30. The highest BCUT2D eigenvalue weighted by Gasteiger charge is 2.21. The lowest BCUT2D eigenvalue weighted by Crippen LogP contribution is -2.36. The van der Waals surface area contributed by atoms with Crippen LogP contribution in [-0.2, 0) is 9.53 Å². The molecule has 118 valence electrons. The number of aromatic carboxylic acids is 1. The number of carboxylic acid groups (broad SMARTS) is 1. The molecule has 0 radical (unpaired) electrons. The van der Waals surface area contributed by atoms with E-state index in [4.69, 9.17) is 9.84 Å². The number of amides is 1. The number of carbonyl (C=O) groups is 2. The Morgan fingerprint density at radius 1 is 1.43 bits per heavy atom. The number of nitrogens with one attached hydrogen (secondary N) is 1. The van der Waals surface area contributed by atoms with Crippen LogP contribution in [0.2, 0.25) is 0 Å². The summed E-state index contributed by atoms with van der Waals surface area (Å²) in [6, 6.07) is -0.341. The molecule has 0 fully saturated rings. The summed E-state index contributed by atoms with van der Waals surface area (Å²) in [6.45, 7) is 7.74. The van der Waals surface area contributed by atoms with Gasteiger partial charge in [0, 0.05) is 6.61 Å². The van der Waals surface area contributed by atoms with E-state index in [0.29, 0.717) is 17.3 Å². The first-order valence-corrected chi connectivity index (χ1v) is 7.81. The first-order valence-electron chi connectivity index (χ1n) is 6.99. The number of ether oxygens (including phenoxy) is 1. The number of hydrogen-bond acceptors (Lipinski definition) is 5. The van der Waals surface area contributed by atoms with E-state index in [1.54, 1.807) is 20.8 Å². The second-order valence-corrected chi connectivity index (χ2v) is 5.90. The molecule has 6 nitrogen and oxygen atoms in total. The van der Waals surface area contributed by atoms with Gasteiger partial charge in [0.2, 0.25) is 5.91 Å². The minimum atomic E-state index is -0.994. The van der Waals surface area contributed by atoms with Gasteiger partial charge < -0.3 is 15.2 Å². The van der Waals surface area contributed by atoms with Crippen molar-refractivity contribution in [2.24, 2.45) is 0 Å². The van der Waals surface area contributed by atoms with Crippen LogP contribution in [0, 0.1) is 6.92 Å². The quantitative estimate of drug-likeness (QED) is 0.720. The van der Waals surface area contributed by atoms with Crippen LogP contribution in [0.5, 0.6) is 0 Å². The standard InChI is InChI=1S/C14H22N2O4S/c1-5-6-7-20-10(4)12(17)15-9(3)13-16-8(2)11(21-13)14(18)19/h9-10H,5-7H2,1-4H3,(H,15,17)(H,18,19). The SMILES string of the molecule is CCCCOC(C)C(=O)NC(C)c1nc(C)c(C(=O)O)s1. The second-order valence-electron chi connectivity index (χ2n) is 4.87. The molecule has 1 heterocycles. The zero-order chi connectivity index (χ0) is 16.0. The van der Waals surface area contributed by atoms with Crippen LogP contribution in [0.3, 0.4) is 0 Å². The predicted molar refractivity (Wildman–Crippen MR) is 80.7 cm³/mol. The Hall–Kier alpha value is -1.47. The largest absolute Gasteiger partial charge is 0.477 e. The summed E-state index contributed by atoms with van der Waals surface area (Å²) in [7, 11) is 0. The van der Waals surface area contributed by atoms with Gasteiger partial charge in [0.05, 0.1) is 11.7 Å². The van der Waals surface area contributed by atoms with Crippen LogP contribution in [0.1, 0.15) is 60.0 Å². The van der Waals surface area contributed by atoms with E-state index in [1.807, 2.05) is 0 Å².